The second-order valence-electron chi connectivity index (χ2n) is 2.70. The summed E-state index contributed by atoms with van der Waals surface area (Å²) < 4.78 is 0. The molecule has 1 unspecified atom stereocenters. The normalized spacial score (nSPS) is 15.4. The second kappa shape index (κ2) is 5.79. The number of allylic oxidation sites excluding steroid dienone is 2. The zero-order valence-corrected chi connectivity index (χ0v) is 7.91. The molecule has 0 aliphatic carbocycles. The molecule has 10 heavy (non-hydrogen) atoms. The lowest BCUT2D eigenvalue weighted by Gasteiger charge is -2.04. The Balaban J connectivity index is 3.83. The molecular formula is C9H17Cl. The third-order valence-electron chi connectivity index (χ3n) is 1.79. The standard InChI is InChI=1S/C9H17Cl/c1-4-8(3)6-9(5-2)7-10/h6,8H,4-5,7H2,1-3H3. The van der Waals surface area contributed by atoms with Crippen LogP contribution in [0.2, 0.25) is 0 Å². The van der Waals surface area contributed by atoms with E-state index in [4.69, 9.17) is 11.6 Å². The van der Waals surface area contributed by atoms with Crippen LogP contribution >= 0.6 is 11.6 Å². The largest absolute Gasteiger partial charge is 0.122 e. The summed E-state index contributed by atoms with van der Waals surface area (Å²) >= 11 is 5.70. The topological polar surface area (TPSA) is 0 Å². The van der Waals surface area contributed by atoms with Gasteiger partial charge in [0.1, 0.15) is 0 Å². The van der Waals surface area contributed by atoms with Crippen molar-refractivity contribution >= 4 is 11.6 Å². The molecule has 60 valence electrons. The third kappa shape index (κ3) is 3.94. The maximum Gasteiger partial charge on any atom is 0.0433 e. The maximum absolute atomic E-state index is 5.70. The van der Waals surface area contributed by atoms with Gasteiger partial charge in [0, 0.05) is 5.88 Å². The first-order chi connectivity index (χ1) is 4.74. The molecule has 0 saturated heterocycles. The van der Waals surface area contributed by atoms with Crippen molar-refractivity contribution in [2.75, 3.05) is 5.88 Å². The molecule has 0 aromatic rings. The van der Waals surface area contributed by atoms with Crippen LogP contribution in [0.1, 0.15) is 33.6 Å². The van der Waals surface area contributed by atoms with Crippen molar-refractivity contribution in [1.29, 1.82) is 0 Å². The molecule has 0 rings (SSSR count). The molecule has 0 aromatic heterocycles. The van der Waals surface area contributed by atoms with Crippen molar-refractivity contribution in [3.05, 3.63) is 11.6 Å². The van der Waals surface area contributed by atoms with Gasteiger partial charge in [-0.2, -0.15) is 0 Å². The maximum atomic E-state index is 5.70. The molecule has 0 aliphatic heterocycles. The Hall–Kier alpha value is 0.0300. The van der Waals surface area contributed by atoms with E-state index >= 15 is 0 Å². The SMILES string of the molecule is CCC(=CC(C)CC)CCl. The molecule has 0 aromatic carbocycles. The van der Waals surface area contributed by atoms with Crippen LogP contribution in [0, 0.1) is 5.92 Å². The fourth-order valence-corrected chi connectivity index (χ4v) is 1.06. The summed E-state index contributed by atoms with van der Waals surface area (Å²) in [6, 6.07) is 0. The highest BCUT2D eigenvalue weighted by atomic mass is 35.5. The van der Waals surface area contributed by atoms with E-state index in [1.165, 1.54) is 12.0 Å². The third-order valence-corrected chi connectivity index (χ3v) is 2.13. The predicted molar refractivity (Wildman–Crippen MR) is 48.5 cm³/mol. The van der Waals surface area contributed by atoms with E-state index in [9.17, 15) is 0 Å². The number of hydrogen-bond donors (Lipinski definition) is 0. The number of halogens is 1. The Morgan fingerprint density at radius 2 is 2.10 bits per heavy atom. The lowest BCUT2D eigenvalue weighted by molar-refractivity contribution is 0.690. The molecule has 0 fully saturated rings. The summed E-state index contributed by atoms with van der Waals surface area (Å²) in [6.07, 6.45) is 4.58. The predicted octanol–water partition coefficient (Wildman–Crippen LogP) is 3.61. The van der Waals surface area contributed by atoms with Crippen molar-refractivity contribution in [3.63, 3.8) is 0 Å². The average molecular weight is 161 g/mol. The van der Waals surface area contributed by atoms with Crippen molar-refractivity contribution in [2.24, 2.45) is 5.92 Å². The fourth-order valence-electron chi connectivity index (χ4n) is 0.777. The molecule has 1 atom stereocenters. The lowest BCUT2D eigenvalue weighted by atomic mass is 10.0. The van der Waals surface area contributed by atoms with Gasteiger partial charge < -0.3 is 0 Å². The van der Waals surface area contributed by atoms with Crippen LogP contribution in [0.4, 0.5) is 0 Å². The minimum absolute atomic E-state index is 0.689. The minimum atomic E-state index is 0.689. The minimum Gasteiger partial charge on any atom is -0.122 e. The van der Waals surface area contributed by atoms with Gasteiger partial charge in [-0.3, -0.25) is 0 Å². The number of hydrogen-bond acceptors (Lipinski definition) is 0. The molecule has 0 bridgehead atoms. The van der Waals surface area contributed by atoms with Crippen LogP contribution < -0.4 is 0 Å². The number of alkyl halides is 1. The van der Waals surface area contributed by atoms with Crippen LogP contribution in [-0.4, -0.2) is 5.88 Å². The van der Waals surface area contributed by atoms with Crippen LogP contribution in [0.15, 0.2) is 11.6 Å². The molecule has 0 nitrogen and oxygen atoms in total. The van der Waals surface area contributed by atoms with Crippen molar-refractivity contribution in [3.8, 4) is 0 Å². The molecule has 0 heterocycles. The number of rotatable bonds is 4. The van der Waals surface area contributed by atoms with Crippen molar-refractivity contribution < 1.29 is 0 Å². The molecule has 0 amide bonds. The highest BCUT2D eigenvalue weighted by Gasteiger charge is 1.95. The summed E-state index contributed by atoms with van der Waals surface area (Å²) in [5.41, 5.74) is 1.37. The first-order valence-corrected chi connectivity index (χ1v) is 4.53. The van der Waals surface area contributed by atoms with Crippen LogP contribution in [-0.2, 0) is 0 Å². The van der Waals surface area contributed by atoms with Crippen molar-refractivity contribution in [2.45, 2.75) is 33.6 Å². The van der Waals surface area contributed by atoms with Gasteiger partial charge in [0.05, 0.1) is 0 Å². The van der Waals surface area contributed by atoms with Gasteiger partial charge in [0.15, 0.2) is 0 Å². The lowest BCUT2D eigenvalue weighted by Crippen LogP contribution is -1.90. The van der Waals surface area contributed by atoms with Gasteiger partial charge in [-0.15, -0.1) is 11.6 Å². The molecule has 0 N–H and O–H groups in total. The summed E-state index contributed by atoms with van der Waals surface area (Å²) in [6.45, 7) is 6.57. The Morgan fingerprint density at radius 3 is 2.40 bits per heavy atom. The smallest absolute Gasteiger partial charge is 0.0433 e. The van der Waals surface area contributed by atoms with Gasteiger partial charge in [0.25, 0.3) is 0 Å². The molecular weight excluding hydrogens is 144 g/mol. The molecule has 0 radical (unpaired) electrons. The summed E-state index contributed by atoms with van der Waals surface area (Å²) in [7, 11) is 0. The Kier molecular flexibility index (Phi) is 5.81. The molecule has 0 saturated carbocycles. The first kappa shape index (κ1) is 10.0. The van der Waals surface area contributed by atoms with Gasteiger partial charge in [0.2, 0.25) is 0 Å². The Bertz CT molecular complexity index is 99.3. The van der Waals surface area contributed by atoms with E-state index in [0.717, 1.165) is 6.42 Å². The molecule has 1 heteroatoms. The zero-order chi connectivity index (χ0) is 7.98. The fraction of sp³-hybridized carbons (Fsp3) is 0.778. The average Bonchev–Trinajstić information content (AvgIpc) is 1.99. The van der Waals surface area contributed by atoms with Gasteiger partial charge in [-0.1, -0.05) is 38.8 Å². The van der Waals surface area contributed by atoms with Crippen LogP contribution in [0.5, 0.6) is 0 Å². The van der Waals surface area contributed by atoms with E-state index < -0.39 is 0 Å². The van der Waals surface area contributed by atoms with Gasteiger partial charge >= 0.3 is 0 Å². The van der Waals surface area contributed by atoms with Gasteiger partial charge in [-0.05, 0) is 12.3 Å². The Labute approximate surface area is 69.3 Å². The molecule has 0 aliphatic rings. The Morgan fingerprint density at radius 1 is 1.50 bits per heavy atom. The quantitative estimate of drug-likeness (QED) is 0.436. The summed E-state index contributed by atoms with van der Waals surface area (Å²) in [5.74, 6) is 1.38. The highest BCUT2D eigenvalue weighted by molar-refractivity contribution is 6.19. The van der Waals surface area contributed by atoms with E-state index in [0.29, 0.717) is 11.8 Å². The van der Waals surface area contributed by atoms with E-state index in [1.54, 1.807) is 0 Å². The van der Waals surface area contributed by atoms with Crippen molar-refractivity contribution in [1.82, 2.24) is 0 Å². The van der Waals surface area contributed by atoms with Gasteiger partial charge in [-0.25, -0.2) is 0 Å². The summed E-state index contributed by atoms with van der Waals surface area (Å²) in [4.78, 5) is 0. The van der Waals surface area contributed by atoms with Crippen LogP contribution in [0.25, 0.3) is 0 Å². The van der Waals surface area contributed by atoms with E-state index in [2.05, 4.69) is 26.8 Å². The first-order valence-electron chi connectivity index (χ1n) is 4.00. The monoisotopic (exact) mass is 160 g/mol. The van der Waals surface area contributed by atoms with E-state index in [1.807, 2.05) is 0 Å². The zero-order valence-electron chi connectivity index (χ0n) is 7.15. The van der Waals surface area contributed by atoms with E-state index in [-0.39, 0.29) is 0 Å². The highest BCUT2D eigenvalue weighted by Crippen LogP contribution is 2.10. The summed E-state index contributed by atoms with van der Waals surface area (Å²) in [5, 5.41) is 0. The second-order valence-corrected chi connectivity index (χ2v) is 2.96. The molecule has 0 spiro atoms. The van der Waals surface area contributed by atoms with Crippen LogP contribution in [0.3, 0.4) is 0 Å².